The van der Waals surface area contributed by atoms with Crippen molar-refractivity contribution in [2.24, 2.45) is 0 Å². The Balaban J connectivity index is 2.34. The standard InChI is InChI=1S/C15H15N3O/c1-10-11(2)18(9-17-10)15-14-6-4-3-5-13(14)12(8-19)7-16-15/h3-7,9,19H,8H2,1-2H3. The molecule has 2 heterocycles. The van der Waals surface area contributed by atoms with Crippen LogP contribution in [0.4, 0.5) is 0 Å². The lowest BCUT2D eigenvalue weighted by atomic mass is 10.1. The molecule has 0 aliphatic carbocycles. The van der Waals surface area contributed by atoms with Crippen LogP contribution in [0.3, 0.4) is 0 Å². The molecule has 0 atom stereocenters. The first-order chi connectivity index (χ1) is 9.22. The number of aliphatic hydroxyl groups is 1. The van der Waals surface area contributed by atoms with Crippen LogP contribution in [0.15, 0.2) is 36.8 Å². The fourth-order valence-electron chi connectivity index (χ4n) is 2.27. The van der Waals surface area contributed by atoms with Gasteiger partial charge in [-0.3, -0.25) is 4.57 Å². The Morgan fingerprint density at radius 3 is 2.47 bits per heavy atom. The van der Waals surface area contributed by atoms with E-state index in [-0.39, 0.29) is 6.61 Å². The topological polar surface area (TPSA) is 50.9 Å². The highest BCUT2D eigenvalue weighted by atomic mass is 16.3. The highest BCUT2D eigenvalue weighted by Crippen LogP contribution is 2.24. The summed E-state index contributed by atoms with van der Waals surface area (Å²) in [6, 6.07) is 7.97. The van der Waals surface area contributed by atoms with Crippen molar-refractivity contribution in [3.05, 3.63) is 53.7 Å². The van der Waals surface area contributed by atoms with Gasteiger partial charge in [-0.25, -0.2) is 9.97 Å². The van der Waals surface area contributed by atoms with Crippen LogP contribution in [0.2, 0.25) is 0 Å². The van der Waals surface area contributed by atoms with E-state index >= 15 is 0 Å². The lowest BCUT2D eigenvalue weighted by Gasteiger charge is -2.11. The van der Waals surface area contributed by atoms with E-state index in [2.05, 4.69) is 9.97 Å². The van der Waals surface area contributed by atoms with Crippen LogP contribution in [0.1, 0.15) is 17.0 Å². The van der Waals surface area contributed by atoms with Crippen LogP contribution < -0.4 is 0 Å². The molecule has 0 fully saturated rings. The van der Waals surface area contributed by atoms with Crippen molar-refractivity contribution in [1.29, 1.82) is 0 Å². The average molecular weight is 253 g/mol. The van der Waals surface area contributed by atoms with Crippen molar-refractivity contribution >= 4 is 10.8 Å². The zero-order chi connectivity index (χ0) is 13.4. The summed E-state index contributed by atoms with van der Waals surface area (Å²) in [5, 5.41) is 11.4. The molecule has 0 unspecified atom stereocenters. The number of aromatic nitrogens is 3. The third-order valence-corrected chi connectivity index (χ3v) is 3.51. The number of pyridine rings is 1. The molecule has 19 heavy (non-hydrogen) atoms. The van der Waals surface area contributed by atoms with E-state index in [0.29, 0.717) is 0 Å². The third kappa shape index (κ3) is 1.81. The highest BCUT2D eigenvalue weighted by molar-refractivity contribution is 5.91. The average Bonchev–Trinajstić information content (AvgIpc) is 2.78. The van der Waals surface area contributed by atoms with Crippen molar-refractivity contribution in [2.45, 2.75) is 20.5 Å². The van der Waals surface area contributed by atoms with Gasteiger partial charge in [0.05, 0.1) is 12.3 Å². The van der Waals surface area contributed by atoms with E-state index in [9.17, 15) is 5.11 Å². The first kappa shape index (κ1) is 11.9. The molecule has 2 aromatic heterocycles. The summed E-state index contributed by atoms with van der Waals surface area (Å²) in [7, 11) is 0. The first-order valence-electron chi connectivity index (χ1n) is 6.20. The van der Waals surface area contributed by atoms with Gasteiger partial charge in [0.25, 0.3) is 0 Å². The van der Waals surface area contributed by atoms with Gasteiger partial charge < -0.3 is 5.11 Å². The molecule has 0 bridgehead atoms. The van der Waals surface area contributed by atoms with Crippen LogP contribution in [-0.4, -0.2) is 19.6 Å². The van der Waals surface area contributed by atoms with Crippen LogP contribution in [0.5, 0.6) is 0 Å². The van der Waals surface area contributed by atoms with Gasteiger partial charge in [0.2, 0.25) is 0 Å². The zero-order valence-corrected chi connectivity index (χ0v) is 11.0. The number of imidazole rings is 1. The van der Waals surface area contributed by atoms with Crippen molar-refractivity contribution < 1.29 is 5.11 Å². The monoisotopic (exact) mass is 253 g/mol. The number of fused-ring (bicyclic) bond motifs is 1. The summed E-state index contributed by atoms with van der Waals surface area (Å²) in [4.78, 5) is 8.80. The van der Waals surface area contributed by atoms with Crippen molar-refractivity contribution in [1.82, 2.24) is 14.5 Å². The minimum atomic E-state index is -0.00423. The molecule has 96 valence electrons. The molecule has 0 aliphatic heterocycles. The van der Waals surface area contributed by atoms with Crippen molar-refractivity contribution in [3.8, 4) is 5.82 Å². The molecule has 0 aliphatic rings. The number of aryl methyl sites for hydroxylation is 1. The molecule has 0 radical (unpaired) electrons. The Morgan fingerprint density at radius 2 is 1.84 bits per heavy atom. The Labute approximate surface area is 111 Å². The maximum Gasteiger partial charge on any atom is 0.145 e. The fourth-order valence-corrected chi connectivity index (χ4v) is 2.27. The summed E-state index contributed by atoms with van der Waals surface area (Å²) in [5.41, 5.74) is 2.92. The highest BCUT2D eigenvalue weighted by Gasteiger charge is 2.11. The molecule has 0 amide bonds. The molecule has 3 aromatic rings. The maximum atomic E-state index is 9.40. The van der Waals surface area contributed by atoms with Gasteiger partial charge in [-0.1, -0.05) is 24.3 Å². The van der Waals surface area contributed by atoms with Gasteiger partial charge in [-0.05, 0) is 19.2 Å². The van der Waals surface area contributed by atoms with Gasteiger partial charge in [0.1, 0.15) is 12.1 Å². The normalized spacial score (nSPS) is 11.1. The minimum absolute atomic E-state index is 0.00423. The molecular weight excluding hydrogens is 238 g/mol. The SMILES string of the molecule is Cc1ncn(-c2ncc(CO)c3ccccc23)c1C. The summed E-state index contributed by atoms with van der Waals surface area (Å²) >= 11 is 0. The van der Waals surface area contributed by atoms with Crippen molar-refractivity contribution in [2.75, 3.05) is 0 Å². The number of nitrogens with zero attached hydrogens (tertiary/aromatic N) is 3. The van der Waals surface area contributed by atoms with Gasteiger partial charge in [-0.15, -0.1) is 0 Å². The van der Waals surface area contributed by atoms with Crippen LogP contribution in [0, 0.1) is 13.8 Å². The number of benzene rings is 1. The predicted molar refractivity (Wildman–Crippen MR) is 74.3 cm³/mol. The summed E-state index contributed by atoms with van der Waals surface area (Å²) in [6.07, 6.45) is 3.52. The summed E-state index contributed by atoms with van der Waals surface area (Å²) < 4.78 is 1.98. The lowest BCUT2D eigenvalue weighted by Crippen LogP contribution is -2.01. The quantitative estimate of drug-likeness (QED) is 0.763. The van der Waals surface area contributed by atoms with E-state index in [1.54, 1.807) is 12.5 Å². The Morgan fingerprint density at radius 1 is 1.11 bits per heavy atom. The Hall–Kier alpha value is -2.20. The summed E-state index contributed by atoms with van der Waals surface area (Å²) in [5.74, 6) is 0.853. The number of hydrogen-bond acceptors (Lipinski definition) is 3. The van der Waals surface area contributed by atoms with Crippen LogP contribution in [0.25, 0.3) is 16.6 Å². The molecule has 4 heteroatoms. The molecule has 0 spiro atoms. The Kier molecular flexibility index (Phi) is 2.80. The number of aliphatic hydroxyl groups excluding tert-OH is 1. The third-order valence-electron chi connectivity index (χ3n) is 3.51. The fraction of sp³-hybridized carbons (Fsp3) is 0.200. The molecule has 1 aromatic carbocycles. The van der Waals surface area contributed by atoms with E-state index < -0.39 is 0 Å². The second-order valence-corrected chi connectivity index (χ2v) is 4.60. The van der Waals surface area contributed by atoms with Crippen molar-refractivity contribution in [3.63, 3.8) is 0 Å². The summed E-state index contributed by atoms with van der Waals surface area (Å²) in [6.45, 7) is 4.00. The van der Waals surface area contributed by atoms with E-state index in [1.165, 1.54) is 0 Å². The molecule has 3 rings (SSSR count). The van der Waals surface area contributed by atoms with E-state index in [0.717, 1.165) is 33.5 Å². The Bertz CT molecular complexity index is 746. The smallest absolute Gasteiger partial charge is 0.145 e. The first-order valence-corrected chi connectivity index (χ1v) is 6.20. The van der Waals surface area contributed by atoms with Gasteiger partial charge in [-0.2, -0.15) is 0 Å². The van der Waals surface area contributed by atoms with Crippen LogP contribution in [-0.2, 0) is 6.61 Å². The second kappa shape index (κ2) is 4.48. The van der Waals surface area contributed by atoms with Gasteiger partial charge >= 0.3 is 0 Å². The molecule has 1 N–H and O–H groups in total. The van der Waals surface area contributed by atoms with Gasteiger partial charge in [0.15, 0.2) is 0 Å². The van der Waals surface area contributed by atoms with E-state index in [4.69, 9.17) is 0 Å². The molecule has 0 saturated heterocycles. The maximum absolute atomic E-state index is 9.40. The lowest BCUT2D eigenvalue weighted by molar-refractivity contribution is 0.283. The molecule has 0 saturated carbocycles. The zero-order valence-electron chi connectivity index (χ0n) is 11.0. The van der Waals surface area contributed by atoms with Gasteiger partial charge in [0, 0.05) is 22.8 Å². The minimum Gasteiger partial charge on any atom is -0.392 e. The number of rotatable bonds is 2. The molecule has 4 nitrogen and oxygen atoms in total. The van der Waals surface area contributed by atoms with E-state index in [1.807, 2.05) is 42.7 Å². The molecular formula is C15H15N3O. The largest absolute Gasteiger partial charge is 0.392 e. The van der Waals surface area contributed by atoms with Crippen LogP contribution >= 0.6 is 0 Å². The number of hydrogen-bond donors (Lipinski definition) is 1. The predicted octanol–water partition coefficient (Wildman–Crippen LogP) is 2.53. The second-order valence-electron chi connectivity index (χ2n) is 4.60.